The summed E-state index contributed by atoms with van der Waals surface area (Å²) in [5.74, 6) is -0.268. The van der Waals surface area contributed by atoms with Crippen molar-refractivity contribution >= 4 is 11.7 Å². The van der Waals surface area contributed by atoms with Gasteiger partial charge in [0.2, 0.25) is 0 Å². The Kier molecular flexibility index (Phi) is 5.65. The van der Waals surface area contributed by atoms with Crippen molar-refractivity contribution in [3.8, 4) is 0 Å². The number of benzene rings is 1. The van der Waals surface area contributed by atoms with E-state index in [0.29, 0.717) is 0 Å². The molecule has 1 heterocycles. The van der Waals surface area contributed by atoms with Gasteiger partial charge in [-0.2, -0.15) is 0 Å². The van der Waals surface area contributed by atoms with Crippen molar-refractivity contribution in [1.29, 1.82) is 0 Å². The first kappa shape index (κ1) is 15.4. The fourth-order valence-electron chi connectivity index (χ4n) is 2.17. The van der Waals surface area contributed by atoms with Crippen molar-refractivity contribution in [2.24, 2.45) is 0 Å². The molecule has 7 heteroatoms. The Morgan fingerprint density at radius 2 is 2.05 bits per heavy atom. The molecule has 0 atom stereocenters. The summed E-state index contributed by atoms with van der Waals surface area (Å²) in [7, 11) is 0. The lowest BCUT2D eigenvalue weighted by atomic mass is 10.2. The molecule has 1 aromatic rings. The maximum Gasteiger partial charge on any atom is 0.320 e. The van der Waals surface area contributed by atoms with E-state index < -0.39 is 4.92 Å². The second kappa shape index (κ2) is 7.70. The number of carbonyl (C=O) groups is 1. The number of nitro groups is 1. The van der Waals surface area contributed by atoms with Crippen molar-refractivity contribution in [2.45, 2.75) is 13.0 Å². The second-order valence-corrected chi connectivity index (χ2v) is 4.96. The zero-order chi connectivity index (χ0) is 15.1. The van der Waals surface area contributed by atoms with Gasteiger partial charge >= 0.3 is 5.97 Å². The summed E-state index contributed by atoms with van der Waals surface area (Å²) in [6.45, 7) is 4.02. The molecular weight excluding hydrogens is 274 g/mol. The Balaban J connectivity index is 1.76. The standard InChI is InChI=1S/C14H19N3O4/c18-14(10-16-8-1-6-15-7-9-16)21-11-12-2-4-13(5-3-12)17(19)20/h2-5,15H,1,6-11H2. The lowest BCUT2D eigenvalue weighted by Gasteiger charge is -2.18. The van der Waals surface area contributed by atoms with E-state index in [1.165, 1.54) is 12.1 Å². The van der Waals surface area contributed by atoms with Gasteiger partial charge in [-0.15, -0.1) is 0 Å². The third-order valence-electron chi connectivity index (χ3n) is 3.33. The summed E-state index contributed by atoms with van der Waals surface area (Å²) in [6, 6.07) is 6.01. The van der Waals surface area contributed by atoms with Crippen LogP contribution in [0.2, 0.25) is 0 Å². The van der Waals surface area contributed by atoms with E-state index >= 15 is 0 Å². The van der Waals surface area contributed by atoms with Gasteiger partial charge in [-0.1, -0.05) is 0 Å². The van der Waals surface area contributed by atoms with Crippen LogP contribution in [0.15, 0.2) is 24.3 Å². The third kappa shape index (κ3) is 5.13. The molecule has 21 heavy (non-hydrogen) atoms. The van der Waals surface area contributed by atoms with Crippen molar-refractivity contribution in [1.82, 2.24) is 10.2 Å². The molecule has 114 valence electrons. The molecule has 0 amide bonds. The van der Waals surface area contributed by atoms with Crippen LogP contribution < -0.4 is 5.32 Å². The lowest BCUT2D eigenvalue weighted by Crippen LogP contribution is -2.33. The van der Waals surface area contributed by atoms with Crippen LogP contribution in [-0.4, -0.2) is 48.5 Å². The predicted octanol–water partition coefficient (Wildman–Crippen LogP) is 0.933. The fourth-order valence-corrected chi connectivity index (χ4v) is 2.17. The van der Waals surface area contributed by atoms with Crippen LogP contribution in [0.5, 0.6) is 0 Å². The summed E-state index contributed by atoms with van der Waals surface area (Å²) < 4.78 is 5.20. The minimum Gasteiger partial charge on any atom is -0.460 e. The molecule has 1 saturated heterocycles. The highest BCUT2D eigenvalue weighted by molar-refractivity contribution is 5.71. The Bertz CT molecular complexity index is 481. The Hall–Kier alpha value is -1.99. The van der Waals surface area contributed by atoms with Gasteiger partial charge in [0.25, 0.3) is 5.69 Å². The van der Waals surface area contributed by atoms with Crippen LogP contribution in [0, 0.1) is 10.1 Å². The smallest absolute Gasteiger partial charge is 0.320 e. The SMILES string of the molecule is O=C(CN1CCCNCC1)OCc1ccc([N+](=O)[O-])cc1. The quantitative estimate of drug-likeness (QED) is 0.494. The summed E-state index contributed by atoms with van der Waals surface area (Å²) >= 11 is 0. The highest BCUT2D eigenvalue weighted by Crippen LogP contribution is 2.12. The number of carbonyl (C=O) groups excluding carboxylic acids is 1. The summed E-state index contributed by atoms with van der Waals surface area (Å²) in [6.07, 6.45) is 1.02. The number of hydrogen-bond donors (Lipinski definition) is 1. The van der Waals surface area contributed by atoms with E-state index in [0.717, 1.165) is 38.2 Å². The van der Waals surface area contributed by atoms with Gasteiger partial charge in [0, 0.05) is 25.2 Å². The van der Waals surface area contributed by atoms with Crippen molar-refractivity contribution < 1.29 is 14.5 Å². The van der Waals surface area contributed by atoms with Gasteiger partial charge in [0.05, 0.1) is 11.5 Å². The van der Waals surface area contributed by atoms with Crippen LogP contribution in [0.4, 0.5) is 5.69 Å². The number of hydrogen-bond acceptors (Lipinski definition) is 6. The summed E-state index contributed by atoms with van der Waals surface area (Å²) in [5.41, 5.74) is 0.772. The maximum atomic E-state index is 11.8. The molecule has 0 bridgehead atoms. The zero-order valence-electron chi connectivity index (χ0n) is 11.8. The lowest BCUT2D eigenvalue weighted by molar-refractivity contribution is -0.384. The topological polar surface area (TPSA) is 84.7 Å². The van der Waals surface area contributed by atoms with Gasteiger partial charge < -0.3 is 10.1 Å². The number of esters is 1. The van der Waals surface area contributed by atoms with Gasteiger partial charge in [-0.05, 0) is 37.2 Å². The average molecular weight is 293 g/mol. The van der Waals surface area contributed by atoms with Crippen LogP contribution in [-0.2, 0) is 16.1 Å². The molecule has 0 saturated carbocycles. The summed E-state index contributed by atoms with van der Waals surface area (Å²) in [4.78, 5) is 23.9. The van der Waals surface area contributed by atoms with E-state index in [1.807, 2.05) is 0 Å². The van der Waals surface area contributed by atoms with E-state index in [1.54, 1.807) is 12.1 Å². The number of nitrogens with zero attached hydrogens (tertiary/aromatic N) is 2. The largest absolute Gasteiger partial charge is 0.460 e. The van der Waals surface area contributed by atoms with Gasteiger partial charge in [0.1, 0.15) is 6.61 Å². The van der Waals surface area contributed by atoms with Crippen molar-refractivity contribution in [2.75, 3.05) is 32.7 Å². The van der Waals surface area contributed by atoms with E-state index in [2.05, 4.69) is 10.2 Å². The molecule has 1 aliphatic rings. The van der Waals surface area contributed by atoms with Crippen LogP contribution in [0.25, 0.3) is 0 Å². The second-order valence-electron chi connectivity index (χ2n) is 4.96. The van der Waals surface area contributed by atoms with E-state index in [4.69, 9.17) is 4.74 Å². The number of nitro benzene ring substituents is 1. The number of rotatable bonds is 5. The van der Waals surface area contributed by atoms with Crippen LogP contribution >= 0.6 is 0 Å². The molecule has 0 aliphatic carbocycles. The maximum absolute atomic E-state index is 11.8. The Labute approximate surface area is 123 Å². The van der Waals surface area contributed by atoms with E-state index in [-0.39, 0.29) is 24.8 Å². The molecule has 7 nitrogen and oxygen atoms in total. The van der Waals surface area contributed by atoms with Crippen LogP contribution in [0.1, 0.15) is 12.0 Å². The summed E-state index contributed by atoms with van der Waals surface area (Å²) in [5, 5.41) is 13.8. The Morgan fingerprint density at radius 1 is 1.29 bits per heavy atom. The highest BCUT2D eigenvalue weighted by atomic mass is 16.6. The molecule has 0 radical (unpaired) electrons. The zero-order valence-corrected chi connectivity index (χ0v) is 11.8. The fraction of sp³-hybridized carbons (Fsp3) is 0.500. The molecule has 0 unspecified atom stereocenters. The van der Waals surface area contributed by atoms with Gasteiger partial charge in [-0.3, -0.25) is 19.8 Å². The van der Waals surface area contributed by atoms with Crippen LogP contribution in [0.3, 0.4) is 0 Å². The van der Waals surface area contributed by atoms with Crippen molar-refractivity contribution in [3.63, 3.8) is 0 Å². The van der Waals surface area contributed by atoms with Gasteiger partial charge in [-0.25, -0.2) is 0 Å². The van der Waals surface area contributed by atoms with Crippen molar-refractivity contribution in [3.05, 3.63) is 39.9 Å². The third-order valence-corrected chi connectivity index (χ3v) is 3.33. The van der Waals surface area contributed by atoms with E-state index in [9.17, 15) is 14.9 Å². The monoisotopic (exact) mass is 293 g/mol. The normalized spacial score (nSPS) is 16.2. The first-order valence-corrected chi connectivity index (χ1v) is 6.97. The molecular formula is C14H19N3O4. The first-order chi connectivity index (χ1) is 10.1. The predicted molar refractivity (Wildman–Crippen MR) is 76.8 cm³/mol. The first-order valence-electron chi connectivity index (χ1n) is 6.97. The Morgan fingerprint density at radius 3 is 2.76 bits per heavy atom. The number of non-ortho nitro benzene ring substituents is 1. The molecule has 1 N–H and O–H groups in total. The average Bonchev–Trinajstić information content (AvgIpc) is 2.74. The molecule has 2 rings (SSSR count). The highest BCUT2D eigenvalue weighted by Gasteiger charge is 2.13. The molecule has 1 aromatic carbocycles. The minimum absolute atomic E-state index is 0.0298. The number of nitrogens with one attached hydrogen (secondary N) is 1. The van der Waals surface area contributed by atoms with Gasteiger partial charge in [0.15, 0.2) is 0 Å². The number of ether oxygens (including phenoxy) is 1. The molecule has 0 aromatic heterocycles. The molecule has 1 fully saturated rings. The molecule has 1 aliphatic heterocycles. The molecule has 0 spiro atoms. The minimum atomic E-state index is -0.455.